The summed E-state index contributed by atoms with van der Waals surface area (Å²) < 4.78 is 5.42. The van der Waals surface area contributed by atoms with Crippen molar-refractivity contribution in [2.75, 3.05) is 24.2 Å². The molecular formula is C15H23N3O. The summed E-state index contributed by atoms with van der Waals surface area (Å²) >= 11 is 0. The van der Waals surface area contributed by atoms with E-state index in [4.69, 9.17) is 10.5 Å². The van der Waals surface area contributed by atoms with Crippen LogP contribution in [0.4, 0.5) is 11.5 Å². The summed E-state index contributed by atoms with van der Waals surface area (Å²) in [7, 11) is 0. The van der Waals surface area contributed by atoms with Crippen LogP contribution in [-0.4, -0.2) is 18.1 Å². The average Bonchev–Trinajstić information content (AvgIpc) is 3.02. The summed E-state index contributed by atoms with van der Waals surface area (Å²) in [5, 5.41) is 3.45. The van der Waals surface area contributed by atoms with Crippen molar-refractivity contribution in [2.24, 2.45) is 17.8 Å². The van der Waals surface area contributed by atoms with Gasteiger partial charge in [-0.05, 0) is 56.1 Å². The van der Waals surface area contributed by atoms with Crippen molar-refractivity contribution >= 4 is 11.5 Å². The molecule has 0 aliphatic heterocycles. The van der Waals surface area contributed by atoms with Crippen LogP contribution in [0.5, 0.6) is 5.88 Å². The monoisotopic (exact) mass is 261 g/mol. The molecule has 1 heterocycles. The molecule has 2 aliphatic carbocycles. The fourth-order valence-corrected chi connectivity index (χ4v) is 3.66. The number of ether oxygens (including phenoxy) is 1. The molecule has 2 bridgehead atoms. The van der Waals surface area contributed by atoms with Crippen LogP contribution in [0.25, 0.3) is 0 Å². The highest BCUT2D eigenvalue weighted by atomic mass is 16.5. The first-order chi connectivity index (χ1) is 9.26. The molecule has 4 nitrogen and oxygen atoms in total. The first-order valence-corrected chi connectivity index (χ1v) is 7.39. The van der Waals surface area contributed by atoms with Crippen LogP contribution in [0.1, 0.15) is 32.6 Å². The molecule has 0 saturated heterocycles. The number of anilines is 2. The SMILES string of the molecule is CCOc1nc(NCC2CC3CCC2C3)ccc1N. The Morgan fingerprint density at radius 2 is 2.26 bits per heavy atom. The highest BCUT2D eigenvalue weighted by Gasteiger charge is 2.39. The number of nitrogens with zero attached hydrogens (tertiary/aromatic N) is 1. The van der Waals surface area contributed by atoms with Crippen molar-refractivity contribution in [3.05, 3.63) is 12.1 Å². The second kappa shape index (κ2) is 5.27. The molecule has 2 saturated carbocycles. The van der Waals surface area contributed by atoms with Crippen LogP contribution in [0.15, 0.2) is 12.1 Å². The maximum absolute atomic E-state index is 5.83. The number of nitrogens with two attached hydrogens (primary N) is 1. The topological polar surface area (TPSA) is 60.2 Å². The van der Waals surface area contributed by atoms with E-state index in [1.54, 1.807) is 0 Å². The van der Waals surface area contributed by atoms with Gasteiger partial charge in [-0.1, -0.05) is 6.42 Å². The molecular weight excluding hydrogens is 238 g/mol. The summed E-state index contributed by atoms with van der Waals surface area (Å²) in [6, 6.07) is 3.80. The number of pyridine rings is 1. The van der Waals surface area contributed by atoms with Gasteiger partial charge in [0.05, 0.1) is 12.3 Å². The molecule has 3 rings (SSSR count). The second-order valence-corrected chi connectivity index (χ2v) is 5.84. The molecule has 0 amide bonds. The normalized spacial score (nSPS) is 28.6. The maximum Gasteiger partial charge on any atom is 0.239 e. The lowest BCUT2D eigenvalue weighted by Gasteiger charge is -2.22. The van der Waals surface area contributed by atoms with Gasteiger partial charge in [0.15, 0.2) is 0 Å². The van der Waals surface area contributed by atoms with E-state index < -0.39 is 0 Å². The van der Waals surface area contributed by atoms with Gasteiger partial charge >= 0.3 is 0 Å². The molecule has 2 fully saturated rings. The molecule has 0 radical (unpaired) electrons. The lowest BCUT2D eigenvalue weighted by Crippen LogP contribution is -2.20. The van der Waals surface area contributed by atoms with E-state index in [-0.39, 0.29) is 0 Å². The van der Waals surface area contributed by atoms with Crippen molar-refractivity contribution in [1.82, 2.24) is 4.98 Å². The van der Waals surface area contributed by atoms with Crippen LogP contribution in [-0.2, 0) is 0 Å². The zero-order chi connectivity index (χ0) is 13.2. The predicted octanol–water partition coefficient (Wildman–Crippen LogP) is 2.91. The number of hydrogen-bond donors (Lipinski definition) is 2. The highest BCUT2D eigenvalue weighted by molar-refractivity contribution is 5.53. The van der Waals surface area contributed by atoms with E-state index in [1.807, 2.05) is 19.1 Å². The van der Waals surface area contributed by atoms with E-state index in [2.05, 4.69) is 10.3 Å². The highest BCUT2D eigenvalue weighted by Crippen LogP contribution is 2.48. The zero-order valence-corrected chi connectivity index (χ0v) is 11.6. The molecule has 1 aromatic rings. The summed E-state index contributed by atoms with van der Waals surface area (Å²) in [6.07, 6.45) is 5.73. The van der Waals surface area contributed by atoms with Gasteiger partial charge in [0, 0.05) is 6.54 Å². The fourth-order valence-electron chi connectivity index (χ4n) is 3.66. The predicted molar refractivity (Wildman–Crippen MR) is 77.2 cm³/mol. The fraction of sp³-hybridized carbons (Fsp3) is 0.667. The lowest BCUT2D eigenvalue weighted by molar-refractivity contribution is 0.328. The smallest absolute Gasteiger partial charge is 0.239 e. The third-order valence-corrected chi connectivity index (χ3v) is 4.60. The quantitative estimate of drug-likeness (QED) is 0.855. The van der Waals surface area contributed by atoms with Crippen molar-refractivity contribution < 1.29 is 4.74 Å². The molecule has 4 heteroatoms. The molecule has 0 aromatic carbocycles. The van der Waals surface area contributed by atoms with Crippen molar-refractivity contribution in [3.63, 3.8) is 0 Å². The number of aromatic nitrogens is 1. The number of nitrogen functional groups attached to an aromatic ring is 1. The Bertz CT molecular complexity index is 449. The first kappa shape index (κ1) is 12.6. The van der Waals surface area contributed by atoms with E-state index in [0.29, 0.717) is 18.2 Å². The largest absolute Gasteiger partial charge is 0.476 e. The van der Waals surface area contributed by atoms with Gasteiger partial charge in [0.25, 0.3) is 0 Å². The average molecular weight is 261 g/mol. The molecule has 19 heavy (non-hydrogen) atoms. The van der Waals surface area contributed by atoms with Crippen molar-refractivity contribution in [1.29, 1.82) is 0 Å². The summed E-state index contributed by atoms with van der Waals surface area (Å²) in [4.78, 5) is 4.43. The summed E-state index contributed by atoms with van der Waals surface area (Å²) in [6.45, 7) is 3.56. The minimum absolute atomic E-state index is 0.542. The van der Waals surface area contributed by atoms with Gasteiger partial charge in [-0.3, -0.25) is 0 Å². The molecule has 3 atom stereocenters. The van der Waals surface area contributed by atoms with Gasteiger partial charge in [-0.15, -0.1) is 0 Å². The third-order valence-electron chi connectivity index (χ3n) is 4.60. The van der Waals surface area contributed by atoms with Gasteiger partial charge in [0.1, 0.15) is 5.82 Å². The Hall–Kier alpha value is -1.45. The molecule has 2 aliphatic rings. The Kier molecular flexibility index (Phi) is 3.49. The van der Waals surface area contributed by atoms with Crippen LogP contribution in [0, 0.1) is 17.8 Å². The van der Waals surface area contributed by atoms with Crippen molar-refractivity contribution in [2.45, 2.75) is 32.6 Å². The Balaban J connectivity index is 1.59. The standard InChI is InChI=1S/C15H23N3O/c1-2-19-15-13(16)5-6-14(18-15)17-9-12-8-10-3-4-11(12)7-10/h5-6,10-12H,2-4,7-9,16H2,1H3,(H,17,18). The first-order valence-electron chi connectivity index (χ1n) is 7.39. The number of nitrogens with one attached hydrogen (secondary N) is 1. The van der Waals surface area contributed by atoms with Crippen molar-refractivity contribution in [3.8, 4) is 5.88 Å². The van der Waals surface area contributed by atoms with E-state index in [0.717, 1.165) is 30.1 Å². The minimum Gasteiger partial charge on any atom is -0.476 e. The molecule has 3 N–H and O–H groups in total. The lowest BCUT2D eigenvalue weighted by atomic mass is 9.89. The summed E-state index contributed by atoms with van der Waals surface area (Å²) in [5.74, 6) is 4.18. The van der Waals surface area contributed by atoms with E-state index in [9.17, 15) is 0 Å². The Morgan fingerprint density at radius 3 is 2.95 bits per heavy atom. The van der Waals surface area contributed by atoms with Gasteiger partial charge in [-0.25, -0.2) is 0 Å². The van der Waals surface area contributed by atoms with Crippen LogP contribution >= 0.6 is 0 Å². The second-order valence-electron chi connectivity index (χ2n) is 5.84. The van der Waals surface area contributed by atoms with Crippen LogP contribution in [0.2, 0.25) is 0 Å². The maximum atomic E-state index is 5.83. The van der Waals surface area contributed by atoms with Crippen LogP contribution < -0.4 is 15.8 Å². The van der Waals surface area contributed by atoms with Gasteiger partial charge in [-0.2, -0.15) is 4.98 Å². The molecule has 3 unspecified atom stereocenters. The zero-order valence-electron chi connectivity index (χ0n) is 11.6. The van der Waals surface area contributed by atoms with Gasteiger partial charge in [0.2, 0.25) is 5.88 Å². The summed E-state index contributed by atoms with van der Waals surface area (Å²) in [5.41, 5.74) is 6.43. The molecule has 1 aromatic heterocycles. The number of fused-ring (bicyclic) bond motifs is 2. The Morgan fingerprint density at radius 1 is 1.37 bits per heavy atom. The number of hydrogen-bond acceptors (Lipinski definition) is 4. The van der Waals surface area contributed by atoms with Gasteiger partial charge < -0.3 is 15.8 Å². The minimum atomic E-state index is 0.542. The molecule has 0 spiro atoms. The van der Waals surface area contributed by atoms with E-state index >= 15 is 0 Å². The third kappa shape index (κ3) is 2.62. The number of rotatable bonds is 5. The van der Waals surface area contributed by atoms with E-state index in [1.165, 1.54) is 25.7 Å². The Labute approximate surface area is 114 Å². The van der Waals surface area contributed by atoms with Crippen LogP contribution in [0.3, 0.4) is 0 Å². The molecule has 104 valence electrons.